The Kier molecular flexibility index (Phi) is 3.74. The van der Waals surface area contributed by atoms with E-state index in [1.807, 2.05) is 30.3 Å². The van der Waals surface area contributed by atoms with Crippen molar-refractivity contribution in [3.05, 3.63) is 40.7 Å². The minimum atomic E-state index is -0.0394. The molecule has 0 bridgehead atoms. The molecule has 0 saturated heterocycles. The van der Waals surface area contributed by atoms with Crippen LogP contribution in [0, 0.1) is 0 Å². The number of pyridine rings is 1. The van der Waals surface area contributed by atoms with Gasteiger partial charge in [0, 0.05) is 17.2 Å². The molecular formula is C13H16N2OS. The molecule has 90 valence electrons. The zero-order valence-corrected chi connectivity index (χ0v) is 10.8. The Bertz CT molecular complexity index is 565. The maximum absolute atomic E-state index is 11.8. The lowest BCUT2D eigenvalue weighted by molar-refractivity contribution is 0.990. The van der Waals surface area contributed by atoms with Gasteiger partial charge in [-0.3, -0.25) is 4.79 Å². The quantitative estimate of drug-likeness (QED) is 0.874. The Labute approximate surface area is 105 Å². The molecule has 2 aromatic rings. The first-order valence-corrected chi connectivity index (χ1v) is 6.88. The van der Waals surface area contributed by atoms with Gasteiger partial charge in [-0.05, 0) is 23.8 Å². The van der Waals surface area contributed by atoms with Gasteiger partial charge in [-0.25, -0.2) is 0 Å². The first-order chi connectivity index (χ1) is 8.20. The summed E-state index contributed by atoms with van der Waals surface area (Å²) in [5.41, 5.74) is -0.0394. The van der Waals surface area contributed by atoms with E-state index in [0.717, 1.165) is 23.1 Å². The number of rotatable bonds is 4. The SMILES string of the molecule is CSC(C)CNc1cc2ccccc2c(=O)[nH]1. The van der Waals surface area contributed by atoms with Crippen molar-refractivity contribution < 1.29 is 0 Å². The number of anilines is 1. The van der Waals surface area contributed by atoms with E-state index in [1.165, 1.54) is 0 Å². The van der Waals surface area contributed by atoms with Crippen molar-refractivity contribution in [1.29, 1.82) is 0 Å². The molecule has 1 aromatic carbocycles. The Morgan fingerprint density at radius 3 is 2.94 bits per heavy atom. The molecule has 1 aromatic heterocycles. The molecule has 2 N–H and O–H groups in total. The second kappa shape index (κ2) is 5.27. The molecule has 0 amide bonds. The van der Waals surface area contributed by atoms with Gasteiger partial charge in [-0.1, -0.05) is 25.1 Å². The van der Waals surface area contributed by atoms with Crippen LogP contribution in [0.4, 0.5) is 5.82 Å². The van der Waals surface area contributed by atoms with Crippen LogP contribution in [-0.4, -0.2) is 23.0 Å². The van der Waals surface area contributed by atoms with Gasteiger partial charge in [0.15, 0.2) is 0 Å². The van der Waals surface area contributed by atoms with E-state index in [2.05, 4.69) is 23.5 Å². The van der Waals surface area contributed by atoms with E-state index in [0.29, 0.717) is 5.25 Å². The molecule has 1 atom stereocenters. The zero-order valence-electron chi connectivity index (χ0n) is 9.99. The van der Waals surface area contributed by atoms with Crippen LogP contribution in [0.5, 0.6) is 0 Å². The van der Waals surface area contributed by atoms with Crippen LogP contribution in [0.1, 0.15) is 6.92 Å². The number of aromatic nitrogens is 1. The number of nitrogens with one attached hydrogen (secondary N) is 2. The zero-order chi connectivity index (χ0) is 12.3. The Morgan fingerprint density at radius 2 is 2.18 bits per heavy atom. The first kappa shape index (κ1) is 12.0. The summed E-state index contributed by atoms with van der Waals surface area (Å²) in [6.07, 6.45) is 2.08. The molecule has 4 heteroatoms. The van der Waals surface area contributed by atoms with Crippen LogP contribution in [0.15, 0.2) is 35.1 Å². The van der Waals surface area contributed by atoms with E-state index in [4.69, 9.17) is 0 Å². The van der Waals surface area contributed by atoms with Crippen LogP contribution in [-0.2, 0) is 0 Å². The van der Waals surface area contributed by atoms with Gasteiger partial charge in [0.05, 0.1) is 0 Å². The van der Waals surface area contributed by atoms with E-state index >= 15 is 0 Å². The van der Waals surface area contributed by atoms with Crippen LogP contribution >= 0.6 is 11.8 Å². The number of H-pyrrole nitrogens is 1. The van der Waals surface area contributed by atoms with Crippen LogP contribution in [0.3, 0.4) is 0 Å². The van der Waals surface area contributed by atoms with Gasteiger partial charge in [-0.2, -0.15) is 11.8 Å². The van der Waals surface area contributed by atoms with Crippen molar-refractivity contribution in [3.63, 3.8) is 0 Å². The third-order valence-corrected chi connectivity index (χ3v) is 3.71. The minimum Gasteiger partial charge on any atom is -0.370 e. The number of thioether (sulfide) groups is 1. The van der Waals surface area contributed by atoms with Gasteiger partial charge in [-0.15, -0.1) is 0 Å². The van der Waals surface area contributed by atoms with E-state index in [-0.39, 0.29) is 5.56 Å². The van der Waals surface area contributed by atoms with Crippen molar-refractivity contribution in [2.45, 2.75) is 12.2 Å². The second-order valence-corrected chi connectivity index (χ2v) is 5.30. The number of aromatic amines is 1. The molecule has 0 radical (unpaired) electrons. The lowest BCUT2D eigenvalue weighted by atomic mass is 10.2. The van der Waals surface area contributed by atoms with Crippen LogP contribution in [0.25, 0.3) is 10.8 Å². The minimum absolute atomic E-state index is 0.0394. The summed E-state index contributed by atoms with van der Waals surface area (Å²) in [5.74, 6) is 0.787. The number of hydrogen-bond acceptors (Lipinski definition) is 3. The van der Waals surface area contributed by atoms with Crippen molar-refractivity contribution in [1.82, 2.24) is 4.98 Å². The molecule has 1 unspecified atom stereocenters. The van der Waals surface area contributed by atoms with E-state index < -0.39 is 0 Å². The summed E-state index contributed by atoms with van der Waals surface area (Å²) in [4.78, 5) is 14.7. The molecule has 0 aliphatic heterocycles. The normalized spacial score (nSPS) is 12.6. The predicted molar refractivity (Wildman–Crippen MR) is 76.0 cm³/mol. The standard InChI is InChI=1S/C13H16N2OS/c1-9(17-2)8-14-12-7-10-5-3-4-6-11(10)13(16)15-12/h3-7,9H,8H2,1-2H3,(H2,14,15,16). The Hall–Kier alpha value is -1.42. The summed E-state index contributed by atoms with van der Waals surface area (Å²) in [6.45, 7) is 2.99. The third kappa shape index (κ3) is 2.82. The summed E-state index contributed by atoms with van der Waals surface area (Å²) < 4.78 is 0. The molecule has 0 saturated carbocycles. The lowest BCUT2D eigenvalue weighted by Gasteiger charge is -2.11. The van der Waals surface area contributed by atoms with E-state index in [9.17, 15) is 4.79 Å². The number of hydrogen-bond donors (Lipinski definition) is 2. The summed E-state index contributed by atoms with van der Waals surface area (Å²) in [7, 11) is 0. The molecule has 17 heavy (non-hydrogen) atoms. The highest BCUT2D eigenvalue weighted by Crippen LogP contribution is 2.13. The van der Waals surface area contributed by atoms with Gasteiger partial charge >= 0.3 is 0 Å². The fourth-order valence-electron chi connectivity index (χ4n) is 1.64. The van der Waals surface area contributed by atoms with E-state index in [1.54, 1.807) is 11.8 Å². The molecule has 3 nitrogen and oxygen atoms in total. The van der Waals surface area contributed by atoms with Crippen molar-refractivity contribution in [2.24, 2.45) is 0 Å². The monoisotopic (exact) mass is 248 g/mol. The molecule has 2 rings (SSSR count). The molecule has 0 spiro atoms. The third-order valence-electron chi connectivity index (χ3n) is 2.74. The fraction of sp³-hybridized carbons (Fsp3) is 0.308. The van der Waals surface area contributed by atoms with Crippen molar-refractivity contribution >= 4 is 28.4 Å². The lowest BCUT2D eigenvalue weighted by Crippen LogP contribution is -2.16. The highest BCUT2D eigenvalue weighted by molar-refractivity contribution is 7.99. The molecular weight excluding hydrogens is 232 g/mol. The van der Waals surface area contributed by atoms with Gasteiger partial charge in [0.25, 0.3) is 5.56 Å². The average Bonchev–Trinajstić information content (AvgIpc) is 2.36. The molecule has 0 aliphatic carbocycles. The maximum Gasteiger partial charge on any atom is 0.257 e. The molecule has 0 aliphatic rings. The Balaban J connectivity index is 2.28. The van der Waals surface area contributed by atoms with Crippen molar-refractivity contribution in [2.75, 3.05) is 18.1 Å². The predicted octanol–water partition coefficient (Wildman–Crippen LogP) is 2.69. The summed E-state index contributed by atoms with van der Waals surface area (Å²) >= 11 is 1.80. The number of benzene rings is 1. The number of fused-ring (bicyclic) bond motifs is 1. The van der Waals surface area contributed by atoms with Crippen LogP contribution < -0.4 is 10.9 Å². The topological polar surface area (TPSA) is 44.9 Å². The van der Waals surface area contributed by atoms with Gasteiger partial charge in [0.1, 0.15) is 5.82 Å². The van der Waals surface area contributed by atoms with Crippen molar-refractivity contribution in [3.8, 4) is 0 Å². The Morgan fingerprint density at radius 1 is 1.41 bits per heavy atom. The average molecular weight is 248 g/mol. The largest absolute Gasteiger partial charge is 0.370 e. The highest BCUT2D eigenvalue weighted by atomic mass is 32.2. The molecule has 1 heterocycles. The summed E-state index contributed by atoms with van der Waals surface area (Å²) in [5, 5.41) is 5.47. The smallest absolute Gasteiger partial charge is 0.257 e. The maximum atomic E-state index is 11.8. The highest BCUT2D eigenvalue weighted by Gasteiger charge is 2.02. The summed E-state index contributed by atoms with van der Waals surface area (Å²) in [6, 6.07) is 9.58. The molecule has 0 fully saturated rings. The second-order valence-electron chi connectivity index (χ2n) is 4.03. The van der Waals surface area contributed by atoms with Crippen LogP contribution in [0.2, 0.25) is 0 Å². The van der Waals surface area contributed by atoms with Gasteiger partial charge in [0.2, 0.25) is 0 Å². The first-order valence-electron chi connectivity index (χ1n) is 5.59. The fourth-order valence-corrected chi connectivity index (χ4v) is 1.89. The van der Waals surface area contributed by atoms with Gasteiger partial charge < -0.3 is 10.3 Å².